The van der Waals surface area contributed by atoms with Crippen molar-refractivity contribution in [2.75, 3.05) is 25.5 Å². The van der Waals surface area contributed by atoms with Crippen molar-refractivity contribution >= 4 is 23.2 Å². The summed E-state index contributed by atoms with van der Waals surface area (Å²) in [5, 5.41) is 2.81. The number of hydrogen-bond acceptors (Lipinski definition) is 2. The number of rotatable bonds is 5. The van der Waals surface area contributed by atoms with E-state index in [-0.39, 0.29) is 10.6 Å². The van der Waals surface area contributed by atoms with E-state index < -0.39 is 11.7 Å². The van der Waals surface area contributed by atoms with Crippen molar-refractivity contribution in [2.24, 2.45) is 0 Å². The molecule has 116 valence electrons. The Morgan fingerprint density at radius 1 is 1.18 bits per heavy atom. The molecule has 5 heteroatoms. The van der Waals surface area contributed by atoms with Crippen molar-refractivity contribution in [3.05, 3.63) is 64.4 Å². The van der Waals surface area contributed by atoms with E-state index in [1.807, 2.05) is 43.3 Å². The fourth-order valence-corrected chi connectivity index (χ4v) is 2.33. The van der Waals surface area contributed by atoms with Gasteiger partial charge in [-0.15, -0.1) is 0 Å². The zero-order chi connectivity index (χ0) is 16.1. The molecule has 0 aliphatic rings. The van der Waals surface area contributed by atoms with E-state index in [4.69, 9.17) is 11.6 Å². The number of carbonyl (C=O) groups is 1. The molecule has 3 nitrogen and oxygen atoms in total. The van der Waals surface area contributed by atoms with Gasteiger partial charge in [-0.25, -0.2) is 4.39 Å². The third kappa shape index (κ3) is 3.98. The second-order valence-electron chi connectivity index (χ2n) is 5.16. The molecule has 2 rings (SSSR count). The smallest absolute Gasteiger partial charge is 0.255 e. The third-order valence-electron chi connectivity index (χ3n) is 3.34. The highest BCUT2D eigenvalue weighted by atomic mass is 35.5. The number of anilines is 1. The summed E-state index contributed by atoms with van der Waals surface area (Å²) in [4.78, 5) is 14.0. The lowest BCUT2D eigenvalue weighted by atomic mass is 10.1. The highest BCUT2D eigenvalue weighted by Gasteiger charge is 2.14. The van der Waals surface area contributed by atoms with Gasteiger partial charge in [-0.05, 0) is 36.2 Å². The van der Waals surface area contributed by atoms with Gasteiger partial charge in [-0.3, -0.25) is 4.79 Å². The van der Waals surface area contributed by atoms with Crippen LogP contribution in [-0.2, 0) is 6.42 Å². The molecule has 0 bridgehead atoms. The van der Waals surface area contributed by atoms with Crippen molar-refractivity contribution in [1.82, 2.24) is 5.32 Å². The van der Waals surface area contributed by atoms with Crippen molar-refractivity contribution in [2.45, 2.75) is 6.42 Å². The summed E-state index contributed by atoms with van der Waals surface area (Å²) < 4.78 is 13.6. The Morgan fingerprint density at radius 2 is 1.86 bits per heavy atom. The van der Waals surface area contributed by atoms with Gasteiger partial charge in [-0.2, -0.15) is 0 Å². The van der Waals surface area contributed by atoms with Gasteiger partial charge in [0.2, 0.25) is 0 Å². The molecule has 1 N–H and O–H groups in total. The van der Waals surface area contributed by atoms with Crippen LogP contribution in [0.15, 0.2) is 42.5 Å². The first kappa shape index (κ1) is 16.3. The second-order valence-corrected chi connectivity index (χ2v) is 5.57. The van der Waals surface area contributed by atoms with Gasteiger partial charge in [0, 0.05) is 26.3 Å². The van der Waals surface area contributed by atoms with Crippen LogP contribution >= 0.6 is 11.6 Å². The monoisotopic (exact) mass is 320 g/mol. The first-order chi connectivity index (χ1) is 10.5. The summed E-state index contributed by atoms with van der Waals surface area (Å²) in [5.74, 6) is -1.10. The predicted molar refractivity (Wildman–Crippen MR) is 88.2 cm³/mol. The lowest BCUT2D eigenvalue weighted by molar-refractivity contribution is 0.0950. The highest BCUT2D eigenvalue weighted by Crippen LogP contribution is 2.18. The Bertz CT molecular complexity index is 636. The third-order valence-corrected chi connectivity index (χ3v) is 3.66. The van der Waals surface area contributed by atoms with E-state index in [0.717, 1.165) is 11.3 Å². The minimum atomic E-state index is -0.611. The number of carbonyl (C=O) groups excluding carboxylic acids is 1. The van der Waals surface area contributed by atoms with Crippen LogP contribution in [0.1, 0.15) is 15.9 Å². The minimum Gasteiger partial charge on any atom is -0.378 e. The molecular weight excluding hydrogens is 303 g/mol. The van der Waals surface area contributed by atoms with Crippen LogP contribution in [0.4, 0.5) is 10.1 Å². The zero-order valence-corrected chi connectivity index (χ0v) is 13.3. The first-order valence-corrected chi connectivity index (χ1v) is 7.35. The lowest BCUT2D eigenvalue weighted by Gasteiger charge is -2.13. The van der Waals surface area contributed by atoms with E-state index in [1.165, 1.54) is 18.2 Å². The highest BCUT2D eigenvalue weighted by molar-refractivity contribution is 6.33. The average Bonchev–Trinajstić information content (AvgIpc) is 2.47. The summed E-state index contributed by atoms with van der Waals surface area (Å²) in [6.07, 6.45) is 0.672. The molecule has 2 aromatic rings. The standard InChI is InChI=1S/C17H18ClFN2O/c1-21(2)13-8-6-12(7-9-13)10-11-20-17(22)16-14(18)4-3-5-15(16)19/h3-9H,10-11H2,1-2H3,(H,20,22). The van der Waals surface area contributed by atoms with Gasteiger partial charge in [0.05, 0.1) is 10.6 Å². The van der Waals surface area contributed by atoms with Gasteiger partial charge >= 0.3 is 0 Å². The molecule has 0 aliphatic heterocycles. The quantitative estimate of drug-likeness (QED) is 0.914. The summed E-state index contributed by atoms with van der Waals surface area (Å²) in [5.41, 5.74) is 2.11. The predicted octanol–water partition coefficient (Wildman–Crippen LogP) is 3.52. The fourth-order valence-electron chi connectivity index (χ4n) is 2.08. The number of benzene rings is 2. The van der Waals surface area contributed by atoms with Gasteiger partial charge in [0.1, 0.15) is 5.82 Å². The molecule has 0 spiro atoms. The van der Waals surface area contributed by atoms with Gasteiger partial charge in [0.15, 0.2) is 0 Å². The van der Waals surface area contributed by atoms with Crippen LogP contribution in [0.5, 0.6) is 0 Å². The van der Waals surface area contributed by atoms with Crippen LogP contribution in [0.25, 0.3) is 0 Å². The zero-order valence-electron chi connectivity index (χ0n) is 12.6. The maximum atomic E-state index is 13.6. The van der Waals surface area contributed by atoms with E-state index in [2.05, 4.69) is 5.32 Å². The van der Waals surface area contributed by atoms with Crippen molar-refractivity contribution in [1.29, 1.82) is 0 Å². The molecule has 0 atom stereocenters. The lowest BCUT2D eigenvalue weighted by Crippen LogP contribution is -2.26. The molecule has 0 fully saturated rings. The first-order valence-electron chi connectivity index (χ1n) is 6.97. The van der Waals surface area contributed by atoms with Crippen molar-refractivity contribution in [3.63, 3.8) is 0 Å². The number of amides is 1. The van der Waals surface area contributed by atoms with Gasteiger partial charge < -0.3 is 10.2 Å². The molecule has 0 saturated carbocycles. The Balaban J connectivity index is 1.92. The van der Waals surface area contributed by atoms with Crippen LogP contribution < -0.4 is 10.2 Å². The summed E-state index contributed by atoms with van der Waals surface area (Å²) >= 11 is 5.86. The second kappa shape index (κ2) is 7.27. The molecule has 2 aromatic carbocycles. The molecule has 1 amide bonds. The number of hydrogen-bond donors (Lipinski definition) is 1. The van der Waals surface area contributed by atoms with Crippen molar-refractivity contribution < 1.29 is 9.18 Å². The van der Waals surface area contributed by atoms with Crippen LogP contribution in [-0.4, -0.2) is 26.5 Å². The fraction of sp³-hybridized carbons (Fsp3) is 0.235. The van der Waals surface area contributed by atoms with Crippen LogP contribution in [0.3, 0.4) is 0 Å². The van der Waals surface area contributed by atoms with Crippen LogP contribution in [0, 0.1) is 5.82 Å². The molecule has 0 aliphatic carbocycles. The van der Waals surface area contributed by atoms with E-state index in [1.54, 1.807) is 0 Å². The normalized spacial score (nSPS) is 10.4. The molecule has 0 heterocycles. The summed E-state index contributed by atoms with van der Waals surface area (Å²) in [6, 6.07) is 12.3. The Morgan fingerprint density at radius 3 is 2.45 bits per heavy atom. The molecule has 22 heavy (non-hydrogen) atoms. The maximum Gasteiger partial charge on any atom is 0.255 e. The van der Waals surface area contributed by atoms with Gasteiger partial charge in [0.25, 0.3) is 5.91 Å². The Kier molecular flexibility index (Phi) is 5.39. The van der Waals surface area contributed by atoms with E-state index in [9.17, 15) is 9.18 Å². The molecular formula is C17H18ClFN2O. The molecule has 0 saturated heterocycles. The Labute approximate surface area is 134 Å². The van der Waals surface area contributed by atoms with E-state index in [0.29, 0.717) is 13.0 Å². The van der Waals surface area contributed by atoms with E-state index >= 15 is 0 Å². The maximum absolute atomic E-state index is 13.6. The average molecular weight is 321 g/mol. The number of halogens is 2. The molecule has 0 unspecified atom stereocenters. The number of nitrogens with zero attached hydrogens (tertiary/aromatic N) is 1. The minimum absolute atomic E-state index is 0.105. The van der Waals surface area contributed by atoms with Crippen molar-refractivity contribution in [3.8, 4) is 0 Å². The Hall–Kier alpha value is -2.07. The van der Waals surface area contributed by atoms with Gasteiger partial charge in [-0.1, -0.05) is 29.8 Å². The SMILES string of the molecule is CN(C)c1ccc(CCNC(=O)c2c(F)cccc2Cl)cc1. The molecule has 0 aromatic heterocycles. The summed E-state index contributed by atoms with van der Waals surface area (Å²) in [7, 11) is 3.96. The summed E-state index contributed by atoms with van der Waals surface area (Å²) in [6.45, 7) is 0.421. The largest absolute Gasteiger partial charge is 0.378 e. The number of nitrogens with one attached hydrogen (secondary N) is 1. The molecule has 0 radical (unpaired) electrons. The van der Waals surface area contributed by atoms with Crippen LogP contribution in [0.2, 0.25) is 5.02 Å². The topological polar surface area (TPSA) is 32.3 Å².